The molecule has 2 N–H and O–H groups in total. The first-order chi connectivity index (χ1) is 14.6. The molecule has 2 aromatic carbocycles. The summed E-state index contributed by atoms with van der Waals surface area (Å²) in [7, 11) is 4.11. The van der Waals surface area contributed by atoms with E-state index < -0.39 is 0 Å². The Labute approximate surface area is 194 Å². The summed E-state index contributed by atoms with van der Waals surface area (Å²) < 4.78 is 8.19. The summed E-state index contributed by atoms with van der Waals surface area (Å²) in [6, 6.07) is 8.09. The molecular weight excluding hydrogens is 433 g/mol. The van der Waals surface area contributed by atoms with Gasteiger partial charge in [0.1, 0.15) is 11.5 Å². The molecule has 0 fully saturated rings. The van der Waals surface area contributed by atoms with Crippen LogP contribution in [-0.4, -0.2) is 47.2 Å². The van der Waals surface area contributed by atoms with E-state index in [-0.39, 0.29) is 0 Å². The molecule has 0 heterocycles. The van der Waals surface area contributed by atoms with Gasteiger partial charge in [0.2, 0.25) is 0 Å². The number of aryl methyl sites for hydroxylation is 4. The first kappa shape index (κ1) is 28.7. The van der Waals surface area contributed by atoms with Crippen LogP contribution in [0.15, 0.2) is 24.3 Å². The molecule has 0 saturated heterocycles. The van der Waals surface area contributed by atoms with Crippen LogP contribution in [0.4, 0.5) is 0 Å². The molecule has 31 heavy (non-hydrogen) atoms. The molecule has 0 spiro atoms. The molecule has 2 aromatic rings. The van der Waals surface area contributed by atoms with Crippen LogP contribution in [0, 0.1) is 27.7 Å². The van der Waals surface area contributed by atoms with Crippen molar-refractivity contribution in [1.29, 1.82) is 0 Å². The second kappa shape index (κ2) is 14.6. The molecule has 0 radical (unpaired) electrons. The minimum atomic E-state index is 0.370. The van der Waals surface area contributed by atoms with Crippen LogP contribution in [0.25, 0.3) is 16.0 Å². The molecule has 0 bridgehead atoms. The third-order valence-electron chi connectivity index (χ3n) is 4.70. The molecule has 0 saturated carbocycles. The van der Waals surface area contributed by atoms with E-state index >= 15 is 0 Å². The number of phenols is 2. The zero-order valence-corrected chi connectivity index (χ0v) is 20.5. The molecular formula is C22H32N5O3V-. The number of nitrogens with zero attached hydrogens (tertiary/aromatic N) is 5. The van der Waals surface area contributed by atoms with Crippen molar-refractivity contribution < 1.29 is 31.3 Å². The summed E-state index contributed by atoms with van der Waals surface area (Å²) in [5.74, 6) is 0.741. The van der Waals surface area contributed by atoms with Crippen molar-refractivity contribution in [2.75, 3.05) is 27.2 Å². The van der Waals surface area contributed by atoms with Gasteiger partial charge in [-0.15, -0.1) is 0 Å². The number of phenolic OH excluding ortho intramolecular Hbond substituents is 2. The Hall–Kier alpha value is -2.35. The summed E-state index contributed by atoms with van der Waals surface area (Å²) >= 11 is 1.06. The van der Waals surface area contributed by atoms with Gasteiger partial charge in [0, 0.05) is 37.3 Å². The van der Waals surface area contributed by atoms with Gasteiger partial charge in [-0.2, -0.15) is 0 Å². The molecule has 0 aliphatic heterocycles. The van der Waals surface area contributed by atoms with Crippen LogP contribution in [0.3, 0.4) is 0 Å². The summed E-state index contributed by atoms with van der Waals surface area (Å²) in [4.78, 5) is 5.93. The first-order valence-corrected chi connectivity index (χ1v) is 10.3. The maximum atomic E-state index is 10.5. The summed E-state index contributed by atoms with van der Waals surface area (Å²) in [5.41, 5.74) is 19.5. The Kier molecular flexibility index (Phi) is 13.5. The zero-order valence-electron chi connectivity index (χ0n) is 19.1. The number of likely N-dealkylation sites (N-methyl/N-ethyl adjacent to an activating group) is 1. The monoisotopic (exact) mass is 465 g/mol. The van der Waals surface area contributed by atoms with Gasteiger partial charge in [0.05, 0.1) is 0 Å². The summed E-state index contributed by atoms with van der Waals surface area (Å²) in [6.45, 7) is 11.0. The molecule has 8 nitrogen and oxygen atoms in total. The number of hydrogen-bond donors (Lipinski definition) is 2. The fourth-order valence-corrected chi connectivity index (χ4v) is 3.37. The van der Waals surface area contributed by atoms with Crippen LogP contribution in [0.1, 0.15) is 33.4 Å². The zero-order chi connectivity index (χ0) is 24.1. The second-order valence-corrected chi connectivity index (χ2v) is 7.78. The fourth-order valence-electron chi connectivity index (χ4n) is 3.37. The van der Waals surface area contributed by atoms with E-state index in [1.54, 1.807) is 0 Å². The normalized spacial score (nSPS) is 10.0. The first-order valence-electron chi connectivity index (χ1n) is 9.71. The fraction of sp³-hybridized carbons (Fsp3) is 0.455. The van der Waals surface area contributed by atoms with Crippen LogP contribution in [-0.2, 0) is 34.1 Å². The van der Waals surface area contributed by atoms with Crippen molar-refractivity contribution in [3.05, 3.63) is 73.6 Å². The molecule has 0 amide bonds. The van der Waals surface area contributed by atoms with Crippen LogP contribution in [0.5, 0.6) is 11.5 Å². The van der Waals surface area contributed by atoms with Crippen LogP contribution < -0.4 is 0 Å². The van der Waals surface area contributed by atoms with Crippen molar-refractivity contribution in [1.82, 2.24) is 9.80 Å². The van der Waals surface area contributed by atoms with Gasteiger partial charge in [-0.1, -0.05) is 35.4 Å². The van der Waals surface area contributed by atoms with Gasteiger partial charge in [0.25, 0.3) is 0 Å². The average molecular weight is 465 g/mol. The van der Waals surface area contributed by atoms with Gasteiger partial charge >= 0.3 is 21.0 Å². The van der Waals surface area contributed by atoms with E-state index in [4.69, 9.17) is 14.7 Å². The number of rotatable bonds is 7. The summed E-state index contributed by atoms with van der Waals surface area (Å²) in [5, 5.41) is 20.9. The third kappa shape index (κ3) is 10.0. The Bertz CT molecular complexity index is 824. The molecule has 0 aromatic heterocycles. The molecule has 2 rings (SSSR count). The quantitative estimate of drug-likeness (QED) is 0.350. The van der Waals surface area contributed by atoms with Crippen molar-refractivity contribution in [2.45, 2.75) is 40.8 Å². The van der Waals surface area contributed by atoms with E-state index in [0.29, 0.717) is 24.6 Å². The second-order valence-electron chi connectivity index (χ2n) is 7.78. The van der Waals surface area contributed by atoms with Crippen LogP contribution in [0.2, 0.25) is 0 Å². The molecule has 169 valence electrons. The molecule has 9 heteroatoms. The third-order valence-corrected chi connectivity index (χ3v) is 4.70. The molecule has 0 unspecified atom stereocenters. The van der Waals surface area contributed by atoms with E-state index in [0.717, 1.165) is 63.8 Å². The topological polar surface area (TPSA) is 123 Å². The van der Waals surface area contributed by atoms with Gasteiger partial charge in [-0.25, -0.2) is 0 Å². The Morgan fingerprint density at radius 3 is 1.48 bits per heavy atom. The SMILES string of the molecule is Cc1cc(C)c(O)c(CN(CCN(C)C)Cc2cc(C)cc(C)c2O)c1.[N-]=[N+]=[N-].[O]=[V]. The Morgan fingerprint density at radius 2 is 1.16 bits per heavy atom. The van der Waals surface area contributed by atoms with Gasteiger partial charge in [-0.05, 0) is 52.9 Å². The van der Waals surface area contributed by atoms with Crippen molar-refractivity contribution in [2.24, 2.45) is 0 Å². The molecule has 0 aliphatic carbocycles. The Morgan fingerprint density at radius 1 is 0.806 bits per heavy atom. The van der Waals surface area contributed by atoms with E-state index in [9.17, 15) is 10.2 Å². The number of benzene rings is 2. The van der Waals surface area contributed by atoms with Gasteiger partial charge in [-0.3, -0.25) is 9.81 Å². The van der Waals surface area contributed by atoms with Crippen LogP contribution >= 0.6 is 0 Å². The van der Waals surface area contributed by atoms with Gasteiger partial charge in [0.15, 0.2) is 0 Å². The standard InChI is InChI=1S/C22H32N2O2.N3.O.V/c1-15-9-17(3)21(25)19(11-15)13-24(8-7-23(5)6)14-20-12-16(2)10-18(4)22(20)26;1-3-2;;/h9-12,25-26H,7-8,13-14H2,1-6H3;;;/q;-1;;. The van der Waals surface area contributed by atoms with E-state index in [2.05, 4.69) is 37.7 Å². The van der Waals surface area contributed by atoms with Crippen molar-refractivity contribution in [3.8, 4) is 11.5 Å². The predicted octanol–water partition coefficient (Wildman–Crippen LogP) is 4.64. The van der Waals surface area contributed by atoms with E-state index in [1.165, 1.54) is 4.91 Å². The molecule has 0 atom stereocenters. The number of hydrogen-bond acceptors (Lipinski definition) is 5. The van der Waals surface area contributed by atoms with E-state index in [1.807, 2.05) is 38.1 Å². The molecule has 0 aliphatic rings. The Balaban J connectivity index is 0.00000165. The minimum absolute atomic E-state index is 0.370. The number of aromatic hydroxyl groups is 2. The predicted molar refractivity (Wildman–Crippen MR) is 119 cm³/mol. The average Bonchev–Trinajstić information content (AvgIpc) is 2.69. The van der Waals surface area contributed by atoms with Gasteiger partial charge < -0.3 is 26.2 Å². The maximum absolute atomic E-state index is 10.5. The summed E-state index contributed by atoms with van der Waals surface area (Å²) in [6.07, 6.45) is 0. The van der Waals surface area contributed by atoms with Crippen molar-refractivity contribution in [3.63, 3.8) is 0 Å². The van der Waals surface area contributed by atoms with Crippen molar-refractivity contribution >= 4 is 0 Å².